The zero-order valence-corrected chi connectivity index (χ0v) is 15.8. The van der Waals surface area contributed by atoms with Crippen molar-refractivity contribution in [1.29, 1.82) is 0 Å². The molecular weight excluding hydrogens is 348 g/mol. The third kappa shape index (κ3) is 5.43. The third-order valence-corrected chi connectivity index (χ3v) is 4.36. The highest BCUT2D eigenvalue weighted by molar-refractivity contribution is 5.72. The molecule has 1 aliphatic heterocycles. The van der Waals surface area contributed by atoms with Crippen molar-refractivity contribution in [3.8, 4) is 11.5 Å². The van der Waals surface area contributed by atoms with Gasteiger partial charge in [0.15, 0.2) is 5.82 Å². The lowest BCUT2D eigenvalue weighted by molar-refractivity contribution is -0.118. The molecule has 2 heterocycles. The van der Waals surface area contributed by atoms with Crippen LogP contribution in [0.15, 0.2) is 24.3 Å². The molecule has 1 amide bonds. The van der Waals surface area contributed by atoms with Crippen LogP contribution in [-0.2, 0) is 22.6 Å². The van der Waals surface area contributed by atoms with E-state index in [-0.39, 0.29) is 18.6 Å². The molecule has 1 aliphatic rings. The van der Waals surface area contributed by atoms with Crippen molar-refractivity contribution in [2.75, 3.05) is 26.9 Å². The summed E-state index contributed by atoms with van der Waals surface area (Å²) in [5.74, 6) is 2.97. The predicted octanol–water partition coefficient (Wildman–Crippen LogP) is 1.90. The average Bonchev–Trinajstić information content (AvgIpc) is 3.33. The first kappa shape index (κ1) is 19.2. The molecule has 0 spiro atoms. The van der Waals surface area contributed by atoms with Crippen LogP contribution in [0.4, 0.5) is 0 Å². The Balaban J connectivity index is 1.65. The topological polar surface area (TPSA) is 87.5 Å². The summed E-state index contributed by atoms with van der Waals surface area (Å²) in [5.41, 5.74) is 0. The van der Waals surface area contributed by atoms with Gasteiger partial charge in [-0.15, -0.1) is 0 Å². The molecule has 0 saturated carbocycles. The number of nitrogens with zero attached hydrogens (tertiary/aromatic N) is 3. The molecule has 1 aromatic carbocycles. The molecule has 146 valence electrons. The highest BCUT2D eigenvalue weighted by atomic mass is 16.5. The lowest BCUT2D eigenvalue weighted by Gasteiger charge is -2.11. The molecule has 0 bridgehead atoms. The van der Waals surface area contributed by atoms with Gasteiger partial charge >= 0.3 is 0 Å². The molecule has 0 radical (unpaired) electrons. The standard InChI is InChI=1S/C19H26N4O4/c1-14(24)20-9-4-7-19-21-18(22-23(19)15-8-10-26-12-15)13-27-17-6-3-5-16(11-17)25-2/h3,5-6,11,15H,4,7-10,12-13H2,1-2H3,(H,20,24). The average molecular weight is 374 g/mol. The molecule has 1 atom stereocenters. The van der Waals surface area contributed by atoms with Crippen LogP contribution in [0.5, 0.6) is 11.5 Å². The van der Waals surface area contributed by atoms with E-state index in [1.807, 2.05) is 28.9 Å². The van der Waals surface area contributed by atoms with Crippen LogP contribution in [0.3, 0.4) is 0 Å². The molecule has 27 heavy (non-hydrogen) atoms. The highest BCUT2D eigenvalue weighted by Crippen LogP contribution is 2.22. The molecule has 1 aromatic heterocycles. The van der Waals surface area contributed by atoms with Crippen molar-refractivity contribution in [1.82, 2.24) is 20.1 Å². The Bertz CT molecular complexity index is 756. The maximum atomic E-state index is 11.0. The SMILES string of the molecule is COc1cccc(OCc2nc(CCCNC(C)=O)n(C3CCOC3)n2)c1. The molecule has 8 nitrogen and oxygen atoms in total. The summed E-state index contributed by atoms with van der Waals surface area (Å²) in [5, 5.41) is 7.46. The summed E-state index contributed by atoms with van der Waals surface area (Å²) in [7, 11) is 1.62. The van der Waals surface area contributed by atoms with Gasteiger partial charge in [-0.25, -0.2) is 9.67 Å². The zero-order chi connectivity index (χ0) is 19.1. The minimum absolute atomic E-state index is 0.0203. The van der Waals surface area contributed by atoms with Gasteiger partial charge in [0.25, 0.3) is 0 Å². The van der Waals surface area contributed by atoms with Crippen LogP contribution in [-0.4, -0.2) is 47.5 Å². The van der Waals surface area contributed by atoms with E-state index in [0.29, 0.717) is 24.7 Å². The van der Waals surface area contributed by atoms with Crippen molar-refractivity contribution in [3.05, 3.63) is 35.9 Å². The van der Waals surface area contributed by atoms with Gasteiger partial charge in [0.05, 0.1) is 19.8 Å². The number of rotatable bonds is 9. The number of amides is 1. The number of hydrogen-bond acceptors (Lipinski definition) is 6. The fourth-order valence-electron chi connectivity index (χ4n) is 2.99. The second kappa shape index (κ2) is 9.36. The Labute approximate surface area is 158 Å². The Kier molecular flexibility index (Phi) is 6.64. The highest BCUT2D eigenvalue weighted by Gasteiger charge is 2.23. The Morgan fingerprint density at radius 1 is 1.41 bits per heavy atom. The van der Waals surface area contributed by atoms with Crippen molar-refractivity contribution in [2.24, 2.45) is 0 Å². The number of carbonyl (C=O) groups is 1. The van der Waals surface area contributed by atoms with E-state index >= 15 is 0 Å². The van der Waals surface area contributed by atoms with Gasteiger partial charge in [0.1, 0.15) is 23.9 Å². The fraction of sp³-hybridized carbons (Fsp3) is 0.526. The first-order valence-electron chi connectivity index (χ1n) is 9.19. The van der Waals surface area contributed by atoms with Crippen LogP contribution in [0, 0.1) is 0 Å². The maximum Gasteiger partial charge on any atom is 0.216 e. The van der Waals surface area contributed by atoms with E-state index in [0.717, 1.165) is 37.4 Å². The number of carbonyl (C=O) groups excluding carboxylic acids is 1. The molecule has 2 aromatic rings. The summed E-state index contributed by atoms with van der Waals surface area (Å²) in [6, 6.07) is 7.66. The number of benzene rings is 1. The van der Waals surface area contributed by atoms with Gasteiger partial charge in [-0.3, -0.25) is 4.79 Å². The summed E-state index contributed by atoms with van der Waals surface area (Å²) in [6.07, 6.45) is 2.48. The van der Waals surface area contributed by atoms with Crippen LogP contribution in [0.2, 0.25) is 0 Å². The number of aryl methyl sites for hydroxylation is 1. The Hall–Kier alpha value is -2.61. The minimum atomic E-state index is -0.0203. The summed E-state index contributed by atoms with van der Waals surface area (Å²) in [4.78, 5) is 15.7. The van der Waals surface area contributed by atoms with Crippen LogP contribution in [0.25, 0.3) is 0 Å². The lowest BCUT2D eigenvalue weighted by Crippen LogP contribution is -2.22. The second-order valence-electron chi connectivity index (χ2n) is 6.46. The fourth-order valence-corrected chi connectivity index (χ4v) is 2.99. The zero-order valence-electron chi connectivity index (χ0n) is 15.8. The summed E-state index contributed by atoms with van der Waals surface area (Å²) in [6.45, 7) is 3.82. The normalized spacial score (nSPS) is 16.3. The smallest absolute Gasteiger partial charge is 0.216 e. The van der Waals surface area contributed by atoms with Crippen LogP contribution >= 0.6 is 0 Å². The van der Waals surface area contributed by atoms with Crippen molar-refractivity contribution in [2.45, 2.75) is 38.8 Å². The minimum Gasteiger partial charge on any atom is -0.497 e. The summed E-state index contributed by atoms with van der Waals surface area (Å²) < 4.78 is 18.5. The monoisotopic (exact) mass is 374 g/mol. The number of hydrogen-bond donors (Lipinski definition) is 1. The first-order valence-corrected chi connectivity index (χ1v) is 9.19. The summed E-state index contributed by atoms with van der Waals surface area (Å²) >= 11 is 0. The van der Waals surface area contributed by atoms with Crippen LogP contribution in [0.1, 0.15) is 37.5 Å². The van der Waals surface area contributed by atoms with Crippen molar-refractivity contribution < 1.29 is 19.0 Å². The molecule has 8 heteroatoms. The number of aromatic nitrogens is 3. The Morgan fingerprint density at radius 3 is 3.00 bits per heavy atom. The number of methoxy groups -OCH3 is 1. The van der Waals surface area contributed by atoms with Gasteiger partial charge in [-0.05, 0) is 25.0 Å². The van der Waals surface area contributed by atoms with E-state index in [1.54, 1.807) is 7.11 Å². The van der Waals surface area contributed by atoms with E-state index in [9.17, 15) is 4.79 Å². The molecule has 1 saturated heterocycles. The van der Waals surface area contributed by atoms with E-state index < -0.39 is 0 Å². The third-order valence-electron chi connectivity index (χ3n) is 4.36. The van der Waals surface area contributed by atoms with E-state index in [4.69, 9.17) is 14.2 Å². The van der Waals surface area contributed by atoms with Crippen molar-refractivity contribution in [3.63, 3.8) is 0 Å². The van der Waals surface area contributed by atoms with Crippen LogP contribution < -0.4 is 14.8 Å². The molecule has 1 unspecified atom stereocenters. The van der Waals surface area contributed by atoms with Gasteiger partial charge < -0.3 is 19.5 Å². The van der Waals surface area contributed by atoms with Gasteiger partial charge in [-0.1, -0.05) is 6.07 Å². The quantitative estimate of drug-likeness (QED) is 0.675. The molecular formula is C19H26N4O4. The molecule has 3 rings (SSSR count). The maximum absolute atomic E-state index is 11.0. The number of nitrogens with one attached hydrogen (secondary N) is 1. The second-order valence-corrected chi connectivity index (χ2v) is 6.46. The Morgan fingerprint density at radius 2 is 2.26 bits per heavy atom. The molecule has 1 N–H and O–H groups in total. The van der Waals surface area contributed by atoms with Gasteiger partial charge in [0, 0.05) is 32.6 Å². The predicted molar refractivity (Wildman–Crippen MR) is 98.8 cm³/mol. The largest absolute Gasteiger partial charge is 0.497 e. The molecule has 1 fully saturated rings. The lowest BCUT2D eigenvalue weighted by atomic mass is 10.2. The molecule has 0 aliphatic carbocycles. The van der Waals surface area contributed by atoms with Gasteiger partial charge in [-0.2, -0.15) is 5.10 Å². The van der Waals surface area contributed by atoms with E-state index in [1.165, 1.54) is 6.92 Å². The first-order chi connectivity index (χ1) is 13.2. The van der Waals surface area contributed by atoms with Gasteiger partial charge in [0.2, 0.25) is 5.91 Å². The van der Waals surface area contributed by atoms with Crippen molar-refractivity contribution >= 4 is 5.91 Å². The van der Waals surface area contributed by atoms with E-state index in [2.05, 4.69) is 15.4 Å². The number of ether oxygens (including phenoxy) is 3.